The molecule has 1 N–H and O–H groups in total. The highest BCUT2D eigenvalue weighted by Gasteiger charge is 2.23. The van der Waals surface area contributed by atoms with E-state index in [1.807, 2.05) is 12.1 Å². The van der Waals surface area contributed by atoms with Gasteiger partial charge >= 0.3 is 0 Å². The van der Waals surface area contributed by atoms with E-state index in [0.717, 1.165) is 21.1 Å². The average Bonchev–Trinajstić information content (AvgIpc) is 2.95. The number of hydrogen-bond acceptors (Lipinski definition) is 1. The third-order valence-electron chi connectivity index (χ3n) is 2.72. The molecule has 1 saturated carbocycles. The Kier molecular flexibility index (Phi) is 3.57. The van der Waals surface area contributed by atoms with Crippen LogP contribution in [0.3, 0.4) is 0 Å². The van der Waals surface area contributed by atoms with Gasteiger partial charge in [0, 0.05) is 16.2 Å². The van der Waals surface area contributed by atoms with E-state index in [0.29, 0.717) is 6.04 Å². The summed E-state index contributed by atoms with van der Waals surface area (Å²) in [6.07, 6.45) is 4.09. The van der Waals surface area contributed by atoms with E-state index >= 15 is 0 Å². The van der Waals surface area contributed by atoms with Gasteiger partial charge in [-0.1, -0.05) is 24.4 Å². The molecule has 1 aromatic carbocycles. The molecule has 15 heavy (non-hydrogen) atoms. The first-order valence-corrected chi connectivity index (χ1v) is 6.54. The van der Waals surface area contributed by atoms with Crippen molar-refractivity contribution in [2.75, 3.05) is 5.32 Å². The van der Waals surface area contributed by atoms with Crippen molar-refractivity contribution in [2.24, 2.45) is 5.92 Å². The molecular weight excluding hydrogens is 273 g/mol. The highest BCUT2D eigenvalue weighted by atomic mass is 79.9. The minimum atomic E-state index is 0.537. The molecule has 3 heteroatoms. The maximum atomic E-state index is 6.03. The summed E-state index contributed by atoms with van der Waals surface area (Å²) < 4.78 is 0.949. The largest absolute Gasteiger partial charge is 0.383 e. The number of anilines is 1. The molecule has 0 bridgehead atoms. The van der Waals surface area contributed by atoms with Gasteiger partial charge in [0.2, 0.25) is 0 Å². The lowest BCUT2D eigenvalue weighted by molar-refractivity contribution is 0.642. The molecule has 1 aromatic rings. The van der Waals surface area contributed by atoms with Gasteiger partial charge in [-0.25, -0.2) is 0 Å². The van der Waals surface area contributed by atoms with Crippen LogP contribution >= 0.6 is 27.5 Å². The van der Waals surface area contributed by atoms with Crippen LogP contribution in [0.1, 0.15) is 26.2 Å². The Morgan fingerprint density at radius 3 is 2.87 bits per heavy atom. The van der Waals surface area contributed by atoms with Crippen molar-refractivity contribution in [3.8, 4) is 0 Å². The Bertz CT molecular complexity index is 349. The first-order chi connectivity index (χ1) is 7.15. The summed E-state index contributed by atoms with van der Waals surface area (Å²) >= 11 is 9.41. The average molecular weight is 289 g/mol. The number of hydrogen-bond donors (Lipinski definition) is 1. The quantitative estimate of drug-likeness (QED) is 0.846. The van der Waals surface area contributed by atoms with Gasteiger partial charge in [-0.3, -0.25) is 0 Å². The van der Waals surface area contributed by atoms with E-state index in [1.165, 1.54) is 19.3 Å². The second-order valence-corrected chi connectivity index (χ2v) is 5.61. The molecule has 1 aliphatic rings. The molecule has 0 aliphatic heterocycles. The Morgan fingerprint density at radius 2 is 2.27 bits per heavy atom. The fourth-order valence-corrected chi connectivity index (χ4v) is 2.21. The zero-order valence-corrected chi connectivity index (χ0v) is 11.1. The number of halogens is 2. The van der Waals surface area contributed by atoms with Crippen LogP contribution < -0.4 is 5.32 Å². The van der Waals surface area contributed by atoms with Crippen molar-refractivity contribution in [1.29, 1.82) is 0 Å². The van der Waals surface area contributed by atoms with E-state index in [1.54, 1.807) is 0 Å². The van der Waals surface area contributed by atoms with Crippen LogP contribution in [0.4, 0.5) is 5.69 Å². The van der Waals surface area contributed by atoms with Gasteiger partial charge in [0.15, 0.2) is 0 Å². The summed E-state index contributed by atoms with van der Waals surface area (Å²) in [5, 5.41) is 4.24. The molecule has 2 rings (SSSR count). The molecule has 0 radical (unpaired) electrons. The molecule has 0 spiro atoms. The molecule has 82 valence electrons. The maximum Gasteiger partial charge on any atom is 0.0568 e. The zero-order valence-electron chi connectivity index (χ0n) is 8.76. The van der Waals surface area contributed by atoms with Gasteiger partial charge in [-0.2, -0.15) is 0 Å². The van der Waals surface area contributed by atoms with Gasteiger partial charge in [-0.05, 0) is 53.4 Å². The summed E-state index contributed by atoms with van der Waals surface area (Å²) in [6, 6.07) is 6.54. The summed E-state index contributed by atoms with van der Waals surface area (Å²) in [5.74, 6) is 0.957. The van der Waals surface area contributed by atoms with E-state index < -0.39 is 0 Å². The summed E-state index contributed by atoms with van der Waals surface area (Å²) in [4.78, 5) is 0. The summed E-state index contributed by atoms with van der Waals surface area (Å²) in [5.41, 5.74) is 1.11. The van der Waals surface area contributed by atoms with Crippen LogP contribution in [0.15, 0.2) is 22.7 Å². The van der Waals surface area contributed by atoms with Gasteiger partial charge in [-0.15, -0.1) is 0 Å². The van der Waals surface area contributed by atoms with Gasteiger partial charge in [0.1, 0.15) is 0 Å². The van der Waals surface area contributed by atoms with Crippen molar-refractivity contribution >= 4 is 33.2 Å². The lowest BCUT2D eigenvalue weighted by atomic mass is 10.1. The number of nitrogens with one attached hydrogen (secondary N) is 1. The highest BCUT2D eigenvalue weighted by molar-refractivity contribution is 9.10. The number of rotatable bonds is 4. The van der Waals surface area contributed by atoms with Crippen molar-refractivity contribution in [3.05, 3.63) is 27.7 Å². The Morgan fingerprint density at radius 1 is 1.53 bits per heavy atom. The zero-order chi connectivity index (χ0) is 10.8. The van der Waals surface area contributed by atoms with E-state index in [2.05, 4.69) is 34.2 Å². The number of benzene rings is 1. The Balaban J connectivity index is 1.93. The third kappa shape index (κ3) is 3.39. The predicted molar refractivity (Wildman–Crippen MR) is 69.6 cm³/mol. The Hall–Kier alpha value is -0.210. The topological polar surface area (TPSA) is 12.0 Å². The standard InChI is InChI=1S/C12H15BrClN/c1-8(6-9-2-3-9)15-10-4-5-11(13)12(14)7-10/h4-5,7-9,15H,2-3,6H2,1H3. The summed E-state index contributed by atoms with van der Waals surface area (Å²) in [7, 11) is 0. The SMILES string of the molecule is CC(CC1CC1)Nc1ccc(Br)c(Cl)c1. The summed E-state index contributed by atoms with van der Waals surface area (Å²) in [6.45, 7) is 2.23. The lowest BCUT2D eigenvalue weighted by Gasteiger charge is -2.15. The minimum absolute atomic E-state index is 0.537. The Labute approximate surface area is 104 Å². The van der Waals surface area contributed by atoms with Crippen LogP contribution in [-0.2, 0) is 0 Å². The van der Waals surface area contributed by atoms with Crippen LogP contribution in [0.25, 0.3) is 0 Å². The van der Waals surface area contributed by atoms with Gasteiger partial charge in [0.05, 0.1) is 5.02 Å². The van der Waals surface area contributed by atoms with Crippen LogP contribution in [-0.4, -0.2) is 6.04 Å². The van der Waals surface area contributed by atoms with E-state index in [-0.39, 0.29) is 0 Å². The normalized spacial score (nSPS) is 17.5. The molecule has 1 aliphatic carbocycles. The smallest absolute Gasteiger partial charge is 0.0568 e. The maximum absolute atomic E-state index is 6.03. The monoisotopic (exact) mass is 287 g/mol. The molecule has 1 fully saturated rings. The van der Waals surface area contributed by atoms with Crippen LogP contribution in [0.2, 0.25) is 5.02 Å². The minimum Gasteiger partial charge on any atom is -0.383 e. The molecular formula is C12H15BrClN. The lowest BCUT2D eigenvalue weighted by Crippen LogP contribution is -2.15. The molecule has 0 amide bonds. The fourth-order valence-electron chi connectivity index (χ4n) is 1.78. The van der Waals surface area contributed by atoms with E-state index in [9.17, 15) is 0 Å². The fraction of sp³-hybridized carbons (Fsp3) is 0.500. The van der Waals surface area contributed by atoms with Gasteiger partial charge < -0.3 is 5.32 Å². The molecule has 0 saturated heterocycles. The van der Waals surface area contributed by atoms with Crippen LogP contribution in [0, 0.1) is 5.92 Å². The van der Waals surface area contributed by atoms with Gasteiger partial charge in [0.25, 0.3) is 0 Å². The predicted octanol–water partition coefficient (Wildman–Crippen LogP) is 4.70. The molecule has 0 heterocycles. The van der Waals surface area contributed by atoms with Crippen molar-refractivity contribution < 1.29 is 0 Å². The molecule has 0 aromatic heterocycles. The van der Waals surface area contributed by atoms with E-state index in [4.69, 9.17) is 11.6 Å². The van der Waals surface area contributed by atoms with Crippen molar-refractivity contribution in [3.63, 3.8) is 0 Å². The molecule has 1 unspecified atom stereocenters. The first kappa shape index (κ1) is 11.3. The second-order valence-electron chi connectivity index (χ2n) is 4.35. The molecule has 1 atom stereocenters. The molecule has 1 nitrogen and oxygen atoms in total. The highest BCUT2D eigenvalue weighted by Crippen LogP contribution is 2.34. The second kappa shape index (κ2) is 4.75. The van der Waals surface area contributed by atoms with Crippen molar-refractivity contribution in [2.45, 2.75) is 32.2 Å². The third-order valence-corrected chi connectivity index (χ3v) is 3.95. The van der Waals surface area contributed by atoms with Crippen molar-refractivity contribution in [1.82, 2.24) is 0 Å². The first-order valence-electron chi connectivity index (χ1n) is 5.37. The van der Waals surface area contributed by atoms with Crippen LogP contribution in [0.5, 0.6) is 0 Å².